The van der Waals surface area contributed by atoms with E-state index in [2.05, 4.69) is 0 Å². The molecule has 0 spiro atoms. The van der Waals surface area contributed by atoms with Crippen LogP contribution in [0.25, 0.3) is 0 Å². The highest BCUT2D eigenvalue weighted by molar-refractivity contribution is 5.87. The van der Waals surface area contributed by atoms with Crippen molar-refractivity contribution in [1.29, 1.82) is 0 Å². The summed E-state index contributed by atoms with van der Waals surface area (Å²) in [5.74, 6) is -1.36. The molecule has 1 N–H and O–H groups in total. The van der Waals surface area contributed by atoms with Crippen molar-refractivity contribution in [2.45, 2.75) is 24.4 Å². The quantitative estimate of drug-likeness (QED) is 0.926. The summed E-state index contributed by atoms with van der Waals surface area (Å²) in [6.07, 6.45) is -4.36. The van der Waals surface area contributed by atoms with Crippen LogP contribution in [0.1, 0.15) is 24.0 Å². The Bertz CT molecular complexity index is 547. The van der Waals surface area contributed by atoms with Crippen LogP contribution in [0, 0.1) is 0 Å². The summed E-state index contributed by atoms with van der Waals surface area (Å²) in [4.78, 5) is 11.4. The molecule has 0 bridgehead atoms. The molecular weight excluding hydrogens is 277 g/mol. The fraction of sp³-hybridized carbons (Fsp3) is 0.462. The first kappa shape index (κ1) is 14.5. The first-order valence-corrected chi connectivity index (χ1v) is 5.84. The second-order valence-corrected chi connectivity index (χ2v) is 4.61. The monoisotopic (exact) mass is 290 g/mol. The van der Waals surface area contributed by atoms with E-state index in [4.69, 9.17) is 9.47 Å². The summed E-state index contributed by atoms with van der Waals surface area (Å²) in [5.41, 5.74) is -2.88. The van der Waals surface area contributed by atoms with Crippen LogP contribution in [0.3, 0.4) is 0 Å². The van der Waals surface area contributed by atoms with Gasteiger partial charge in [0.15, 0.2) is 11.5 Å². The summed E-state index contributed by atoms with van der Waals surface area (Å²) >= 11 is 0. The standard InChI is InChI=1S/C13H13F3O4/c1-19-8-4-3-7(13(14,15)16)9(10(8)20-2)12(5-6-12)11(17)18/h3-4H,5-6H2,1-2H3,(H,17,18). The molecule has 1 saturated carbocycles. The summed E-state index contributed by atoms with van der Waals surface area (Å²) in [6, 6.07) is 1.96. The van der Waals surface area contributed by atoms with Gasteiger partial charge in [-0.1, -0.05) is 0 Å². The number of benzene rings is 1. The van der Waals surface area contributed by atoms with Gasteiger partial charge in [-0.2, -0.15) is 13.2 Å². The SMILES string of the molecule is COc1ccc(C(F)(F)F)c(C2(C(=O)O)CC2)c1OC. The molecule has 0 aliphatic heterocycles. The lowest BCUT2D eigenvalue weighted by Crippen LogP contribution is -2.25. The molecule has 1 fully saturated rings. The highest BCUT2D eigenvalue weighted by Crippen LogP contribution is 2.57. The van der Waals surface area contributed by atoms with Crippen LogP contribution in [-0.2, 0) is 16.4 Å². The number of hydrogen-bond acceptors (Lipinski definition) is 3. The van der Waals surface area contributed by atoms with E-state index in [1.54, 1.807) is 0 Å². The third-order valence-corrected chi connectivity index (χ3v) is 3.49. The zero-order valence-corrected chi connectivity index (χ0v) is 10.9. The number of carboxylic acids is 1. The van der Waals surface area contributed by atoms with Crippen molar-refractivity contribution in [2.75, 3.05) is 14.2 Å². The number of rotatable bonds is 4. The first-order valence-electron chi connectivity index (χ1n) is 5.84. The Balaban J connectivity index is 2.76. The van der Waals surface area contributed by atoms with Crippen molar-refractivity contribution in [2.24, 2.45) is 0 Å². The number of ether oxygens (including phenoxy) is 2. The van der Waals surface area contributed by atoms with Gasteiger partial charge >= 0.3 is 12.1 Å². The minimum absolute atomic E-state index is 0.0861. The second kappa shape index (κ2) is 4.57. The molecule has 1 aromatic carbocycles. The number of halogens is 3. The average Bonchev–Trinajstić information content (AvgIpc) is 3.17. The van der Waals surface area contributed by atoms with Crippen LogP contribution < -0.4 is 9.47 Å². The Labute approximate surface area is 113 Å². The zero-order valence-electron chi connectivity index (χ0n) is 10.9. The van der Waals surface area contributed by atoms with Crippen molar-refractivity contribution in [1.82, 2.24) is 0 Å². The van der Waals surface area contributed by atoms with E-state index < -0.39 is 23.1 Å². The molecule has 0 amide bonds. The van der Waals surface area contributed by atoms with Crippen LogP contribution in [-0.4, -0.2) is 25.3 Å². The van der Waals surface area contributed by atoms with E-state index in [9.17, 15) is 23.1 Å². The van der Waals surface area contributed by atoms with Crippen LogP contribution in [0.5, 0.6) is 11.5 Å². The summed E-state index contributed by atoms with van der Waals surface area (Å²) in [5, 5.41) is 9.27. The number of carboxylic acid groups (broad SMARTS) is 1. The Kier molecular flexibility index (Phi) is 3.31. The molecule has 0 aromatic heterocycles. The lowest BCUT2D eigenvalue weighted by atomic mass is 9.89. The van der Waals surface area contributed by atoms with Gasteiger partial charge in [0.1, 0.15) is 0 Å². The number of alkyl halides is 3. The summed E-state index contributed by atoms with van der Waals surface area (Å²) in [6.45, 7) is 0. The molecule has 7 heteroatoms. The van der Waals surface area contributed by atoms with E-state index in [-0.39, 0.29) is 29.9 Å². The molecule has 0 heterocycles. The summed E-state index contributed by atoms with van der Waals surface area (Å²) in [7, 11) is 2.48. The third kappa shape index (κ3) is 2.07. The normalized spacial score (nSPS) is 16.6. The molecule has 0 unspecified atom stereocenters. The van der Waals surface area contributed by atoms with Gasteiger partial charge < -0.3 is 14.6 Å². The van der Waals surface area contributed by atoms with Gasteiger partial charge in [-0.25, -0.2) is 0 Å². The molecule has 20 heavy (non-hydrogen) atoms. The molecular formula is C13H13F3O4. The van der Waals surface area contributed by atoms with Gasteiger partial charge in [-0.15, -0.1) is 0 Å². The second-order valence-electron chi connectivity index (χ2n) is 4.61. The van der Waals surface area contributed by atoms with E-state index in [0.717, 1.165) is 12.1 Å². The Morgan fingerprint density at radius 2 is 1.85 bits per heavy atom. The van der Waals surface area contributed by atoms with Gasteiger partial charge in [0.05, 0.1) is 25.2 Å². The number of hydrogen-bond donors (Lipinski definition) is 1. The molecule has 0 saturated heterocycles. The van der Waals surface area contributed by atoms with Crippen molar-refractivity contribution in [3.8, 4) is 11.5 Å². The molecule has 1 aliphatic carbocycles. The van der Waals surface area contributed by atoms with Crippen molar-refractivity contribution < 1.29 is 32.5 Å². The van der Waals surface area contributed by atoms with Crippen LogP contribution in [0.2, 0.25) is 0 Å². The fourth-order valence-electron chi connectivity index (χ4n) is 2.33. The topological polar surface area (TPSA) is 55.8 Å². The summed E-state index contributed by atoms with van der Waals surface area (Å²) < 4.78 is 49.4. The third-order valence-electron chi connectivity index (χ3n) is 3.49. The van der Waals surface area contributed by atoms with Crippen molar-refractivity contribution in [3.63, 3.8) is 0 Å². The number of aliphatic carboxylic acids is 1. The van der Waals surface area contributed by atoms with E-state index in [0.29, 0.717) is 0 Å². The number of methoxy groups -OCH3 is 2. The van der Waals surface area contributed by atoms with Gasteiger partial charge in [0, 0.05) is 5.56 Å². The van der Waals surface area contributed by atoms with E-state index >= 15 is 0 Å². The first-order chi connectivity index (χ1) is 9.28. The molecule has 2 rings (SSSR count). The number of carbonyl (C=O) groups is 1. The predicted octanol–water partition coefficient (Wildman–Crippen LogP) is 2.84. The Morgan fingerprint density at radius 3 is 2.20 bits per heavy atom. The van der Waals surface area contributed by atoms with E-state index in [1.807, 2.05) is 0 Å². The molecule has 1 aliphatic rings. The van der Waals surface area contributed by atoms with Gasteiger partial charge in [0.25, 0.3) is 0 Å². The average molecular weight is 290 g/mol. The van der Waals surface area contributed by atoms with Crippen molar-refractivity contribution >= 4 is 5.97 Å². The Morgan fingerprint density at radius 1 is 1.25 bits per heavy atom. The largest absolute Gasteiger partial charge is 0.493 e. The maximum Gasteiger partial charge on any atom is 0.416 e. The Hall–Kier alpha value is -1.92. The van der Waals surface area contributed by atoms with E-state index in [1.165, 1.54) is 14.2 Å². The van der Waals surface area contributed by atoms with Gasteiger partial charge in [-0.05, 0) is 25.0 Å². The zero-order chi connectivity index (χ0) is 15.1. The predicted molar refractivity (Wildman–Crippen MR) is 63.1 cm³/mol. The minimum Gasteiger partial charge on any atom is -0.493 e. The van der Waals surface area contributed by atoms with Crippen molar-refractivity contribution in [3.05, 3.63) is 23.3 Å². The van der Waals surface area contributed by atoms with Crippen LogP contribution >= 0.6 is 0 Å². The van der Waals surface area contributed by atoms with Crippen LogP contribution in [0.4, 0.5) is 13.2 Å². The molecule has 110 valence electrons. The highest BCUT2D eigenvalue weighted by Gasteiger charge is 2.57. The molecule has 0 atom stereocenters. The molecule has 0 radical (unpaired) electrons. The highest BCUT2D eigenvalue weighted by atomic mass is 19.4. The molecule has 4 nitrogen and oxygen atoms in total. The smallest absolute Gasteiger partial charge is 0.416 e. The lowest BCUT2D eigenvalue weighted by molar-refractivity contribution is -0.142. The van der Waals surface area contributed by atoms with Crippen LogP contribution in [0.15, 0.2) is 12.1 Å². The fourth-order valence-corrected chi connectivity index (χ4v) is 2.33. The maximum atomic E-state index is 13.1. The minimum atomic E-state index is -4.65. The maximum absolute atomic E-state index is 13.1. The van der Waals surface area contributed by atoms with Gasteiger partial charge in [-0.3, -0.25) is 4.79 Å². The lowest BCUT2D eigenvalue weighted by Gasteiger charge is -2.22. The van der Waals surface area contributed by atoms with Gasteiger partial charge in [0.2, 0.25) is 0 Å². The molecule has 1 aromatic rings.